The van der Waals surface area contributed by atoms with Gasteiger partial charge in [-0.1, -0.05) is 29.3 Å². The lowest BCUT2D eigenvalue weighted by atomic mass is 10.1. The van der Waals surface area contributed by atoms with Gasteiger partial charge in [-0.2, -0.15) is 0 Å². The van der Waals surface area contributed by atoms with Crippen LogP contribution in [0.25, 0.3) is 0 Å². The van der Waals surface area contributed by atoms with E-state index in [1.54, 1.807) is 36.4 Å². The number of hydrogen-bond acceptors (Lipinski definition) is 5. The first-order valence-electron chi connectivity index (χ1n) is 9.86. The first kappa shape index (κ1) is 22.1. The molecular formula is C22H20Cl2N2O4S. The van der Waals surface area contributed by atoms with Gasteiger partial charge in [-0.05, 0) is 48.7 Å². The van der Waals surface area contributed by atoms with Crippen LogP contribution in [0.1, 0.15) is 39.1 Å². The van der Waals surface area contributed by atoms with Crippen molar-refractivity contribution in [1.29, 1.82) is 0 Å². The van der Waals surface area contributed by atoms with E-state index in [2.05, 4.69) is 5.32 Å². The third-order valence-corrected chi connectivity index (χ3v) is 6.87. The van der Waals surface area contributed by atoms with Gasteiger partial charge in [0.05, 0.1) is 29.5 Å². The van der Waals surface area contributed by atoms with Crippen molar-refractivity contribution in [3.63, 3.8) is 0 Å². The van der Waals surface area contributed by atoms with E-state index in [0.29, 0.717) is 39.2 Å². The van der Waals surface area contributed by atoms with Gasteiger partial charge >= 0.3 is 0 Å². The number of carbonyl (C=O) groups is 3. The first-order valence-corrected chi connectivity index (χ1v) is 11.8. The molecule has 2 heterocycles. The van der Waals surface area contributed by atoms with Crippen LogP contribution in [0.2, 0.25) is 10.0 Å². The molecule has 0 saturated carbocycles. The summed E-state index contributed by atoms with van der Waals surface area (Å²) in [6.45, 7) is 0.917. The summed E-state index contributed by atoms with van der Waals surface area (Å²) in [5.74, 6) is -0.200. The van der Waals surface area contributed by atoms with Gasteiger partial charge in [0.2, 0.25) is 5.91 Å². The maximum Gasteiger partial charge on any atom is 0.261 e. The Balaban J connectivity index is 1.35. The second kappa shape index (κ2) is 9.61. The molecule has 9 heteroatoms. The lowest BCUT2D eigenvalue weighted by Crippen LogP contribution is -2.36. The average Bonchev–Trinajstić information content (AvgIpc) is 3.33. The molecule has 2 aliphatic heterocycles. The van der Waals surface area contributed by atoms with Gasteiger partial charge in [0.1, 0.15) is 0 Å². The molecule has 31 heavy (non-hydrogen) atoms. The fraction of sp³-hybridized carbons (Fsp3) is 0.318. The molecular weight excluding hydrogens is 459 g/mol. The number of thioether (sulfide) groups is 1. The molecule has 0 aliphatic carbocycles. The minimum absolute atomic E-state index is 0.106. The molecule has 1 atom stereocenters. The van der Waals surface area contributed by atoms with E-state index in [0.717, 1.165) is 18.4 Å². The number of nitrogens with one attached hydrogen (secondary N) is 1. The summed E-state index contributed by atoms with van der Waals surface area (Å²) in [6, 6.07) is 10.1. The standard InChI is InChI=1S/C22H20Cl2N2O4S/c23-18-4-1-5-19(24)17(18)11-31-12-20(27)25-13-6-7-15-16(9-13)22(29)26(21(15)28)10-14-3-2-8-30-14/h1,4-7,9,14H,2-3,8,10-12H2,(H,25,27). The lowest BCUT2D eigenvalue weighted by molar-refractivity contribution is -0.113. The Morgan fingerprint density at radius 2 is 1.87 bits per heavy atom. The highest BCUT2D eigenvalue weighted by Gasteiger charge is 2.37. The summed E-state index contributed by atoms with van der Waals surface area (Å²) in [7, 11) is 0. The molecule has 0 radical (unpaired) electrons. The zero-order valence-corrected chi connectivity index (χ0v) is 18.9. The zero-order valence-electron chi connectivity index (χ0n) is 16.5. The van der Waals surface area contributed by atoms with Crippen LogP contribution in [0.15, 0.2) is 36.4 Å². The summed E-state index contributed by atoms with van der Waals surface area (Å²) < 4.78 is 5.55. The lowest BCUT2D eigenvalue weighted by Gasteiger charge is -2.17. The number of carbonyl (C=O) groups excluding carboxylic acids is 3. The molecule has 1 fully saturated rings. The van der Waals surface area contributed by atoms with Crippen molar-refractivity contribution in [1.82, 2.24) is 4.90 Å². The van der Waals surface area contributed by atoms with E-state index in [-0.39, 0.29) is 36.1 Å². The van der Waals surface area contributed by atoms with Crippen molar-refractivity contribution in [2.24, 2.45) is 0 Å². The normalized spacial score (nSPS) is 17.9. The van der Waals surface area contributed by atoms with Gasteiger partial charge in [0.15, 0.2) is 0 Å². The summed E-state index contributed by atoms with van der Waals surface area (Å²) in [5.41, 5.74) is 1.91. The second-order valence-electron chi connectivity index (χ2n) is 7.36. The summed E-state index contributed by atoms with van der Waals surface area (Å²) in [5, 5.41) is 3.91. The number of anilines is 1. The summed E-state index contributed by atoms with van der Waals surface area (Å²) in [6.07, 6.45) is 1.67. The summed E-state index contributed by atoms with van der Waals surface area (Å²) in [4.78, 5) is 38.9. The van der Waals surface area contributed by atoms with Gasteiger partial charge < -0.3 is 10.1 Å². The number of benzene rings is 2. The van der Waals surface area contributed by atoms with Crippen LogP contribution in [0.4, 0.5) is 5.69 Å². The van der Waals surface area contributed by atoms with Gasteiger partial charge in [0, 0.05) is 28.1 Å². The monoisotopic (exact) mass is 478 g/mol. The largest absolute Gasteiger partial charge is 0.376 e. The molecule has 1 unspecified atom stereocenters. The van der Waals surface area contributed by atoms with Crippen LogP contribution < -0.4 is 5.32 Å². The molecule has 0 spiro atoms. The number of fused-ring (bicyclic) bond motifs is 1. The highest BCUT2D eigenvalue weighted by atomic mass is 35.5. The van der Waals surface area contributed by atoms with Crippen LogP contribution >= 0.6 is 35.0 Å². The Bertz CT molecular complexity index is 1020. The molecule has 3 amide bonds. The zero-order chi connectivity index (χ0) is 22.0. The van der Waals surface area contributed by atoms with Gasteiger partial charge in [0.25, 0.3) is 11.8 Å². The Morgan fingerprint density at radius 3 is 2.58 bits per heavy atom. The van der Waals surface area contributed by atoms with E-state index >= 15 is 0 Å². The number of halogens is 2. The Labute approximate surface area is 194 Å². The number of hydrogen-bond donors (Lipinski definition) is 1. The molecule has 1 saturated heterocycles. The number of ether oxygens (including phenoxy) is 1. The SMILES string of the molecule is O=C(CSCc1c(Cl)cccc1Cl)Nc1ccc2c(c1)C(=O)N(CC1CCCO1)C2=O. The molecule has 1 N–H and O–H groups in total. The molecule has 2 aromatic rings. The smallest absolute Gasteiger partial charge is 0.261 e. The summed E-state index contributed by atoms with van der Waals surface area (Å²) >= 11 is 13.7. The van der Waals surface area contributed by atoms with Crippen molar-refractivity contribution in [3.05, 3.63) is 63.1 Å². The Kier molecular flexibility index (Phi) is 6.86. The molecule has 162 valence electrons. The molecule has 2 aliphatic rings. The van der Waals surface area contributed by atoms with Gasteiger partial charge in [-0.15, -0.1) is 11.8 Å². The van der Waals surface area contributed by atoms with Crippen LogP contribution in [0, 0.1) is 0 Å². The predicted molar refractivity (Wildman–Crippen MR) is 122 cm³/mol. The third-order valence-electron chi connectivity index (χ3n) is 5.21. The molecule has 0 aromatic heterocycles. The van der Waals surface area contributed by atoms with Crippen LogP contribution in [-0.2, 0) is 15.3 Å². The van der Waals surface area contributed by atoms with Crippen molar-refractivity contribution in [2.75, 3.05) is 24.2 Å². The topological polar surface area (TPSA) is 75.7 Å². The van der Waals surface area contributed by atoms with Crippen LogP contribution in [0.3, 0.4) is 0 Å². The quantitative estimate of drug-likeness (QED) is 0.586. The Morgan fingerprint density at radius 1 is 1.13 bits per heavy atom. The van der Waals surface area contributed by atoms with E-state index in [1.165, 1.54) is 16.7 Å². The average molecular weight is 479 g/mol. The first-order chi connectivity index (χ1) is 14.9. The number of rotatable bonds is 7. The fourth-order valence-electron chi connectivity index (χ4n) is 3.64. The highest BCUT2D eigenvalue weighted by molar-refractivity contribution is 7.99. The molecule has 0 bridgehead atoms. The minimum atomic E-state index is -0.352. The third kappa shape index (κ3) is 4.90. The molecule has 2 aromatic carbocycles. The highest BCUT2D eigenvalue weighted by Crippen LogP contribution is 2.29. The maximum atomic E-state index is 12.7. The van der Waals surface area contributed by atoms with Gasteiger partial charge in [-0.3, -0.25) is 19.3 Å². The van der Waals surface area contributed by atoms with Crippen LogP contribution in [-0.4, -0.2) is 47.6 Å². The number of imide groups is 1. The molecule has 6 nitrogen and oxygen atoms in total. The molecule has 4 rings (SSSR count). The van der Waals surface area contributed by atoms with E-state index in [1.807, 2.05) is 0 Å². The second-order valence-corrected chi connectivity index (χ2v) is 9.16. The van der Waals surface area contributed by atoms with Crippen molar-refractivity contribution in [2.45, 2.75) is 24.7 Å². The number of amides is 3. The van der Waals surface area contributed by atoms with Crippen molar-refractivity contribution >= 4 is 58.4 Å². The maximum absolute atomic E-state index is 12.7. The van der Waals surface area contributed by atoms with E-state index in [9.17, 15) is 14.4 Å². The van der Waals surface area contributed by atoms with Gasteiger partial charge in [-0.25, -0.2) is 0 Å². The van der Waals surface area contributed by atoms with Crippen LogP contribution in [0.5, 0.6) is 0 Å². The van der Waals surface area contributed by atoms with Crippen molar-refractivity contribution < 1.29 is 19.1 Å². The fourth-order valence-corrected chi connectivity index (χ4v) is 5.20. The van der Waals surface area contributed by atoms with Crippen molar-refractivity contribution in [3.8, 4) is 0 Å². The van der Waals surface area contributed by atoms with E-state index in [4.69, 9.17) is 27.9 Å². The predicted octanol–water partition coefficient (Wildman–Crippen LogP) is 4.64. The minimum Gasteiger partial charge on any atom is -0.376 e. The Hall–Kier alpha value is -2.06. The van der Waals surface area contributed by atoms with E-state index < -0.39 is 0 Å². The number of nitrogens with zero attached hydrogens (tertiary/aromatic N) is 1.